The second kappa shape index (κ2) is 7.09. The largest absolute Gasteiger partial charge is 0.370 e. The lowest BCUT2D eigenvalue weighted by Crippen LogP contribution is -2.42. The Hall–Kier alpha value is -1.62. The summed E-state index contributed by atoms with van der Waals surface area (Å²) in [6, 6.07) is 10.1. The normalized spacial score (nSPS) is 17.8. The van der Waals surface area contributed by atoms with Crippen LogP contribution in [0.5, 0.6) is 0 Å². The van der Waals surface area contributed by atoms with Gasteiger partial charge in [0.1, 0.15) is 11.9 Å². The number of halogens is 3. The molecule has 1 fully saturated rings. The van der Waals surface area contributed by atoms with Crippen LogP contribution in [0.2, 0.25) is 10.0 Å². The van der Waals surface area contributed by atoms with E-state index in [9.17, 15) is 9.18 Å². The molecule has 1 heterocycles. The lowest BCUT2D eigenvalue weighted by atomic mass is 10.1. The minimum Gasteiger partial charge on any atom is -0.370 e. The van der Waals surface area contributed by atoms with E-state index in [0.29, 0.717) is 35.8 Å². The van der Waals surface area contributed by atoms with Crippen LogP contribution in [-0.4, -0.2) is 30.5 Å². The van der Waals surface area contributed by atoms with Gasteiger partial charge >= 0.3 is 0 Å². The maximum atomic E-state index is 13.8. The van der Waals surface area contributed by atoms with Crippen LogP contribution in [0, 0.1) is 12.7 Å². The van der Waals surface area contributed by atoms with E-state index in [-0.39, 0.29) is 10.9 Å². The third-order valence-corrected chi connectivity index (χ3v) is 4.62. The van der Waals surface area contributed by atoms with Crippen molar-refractivity contribution in [2.45, 2.75) is 13.0 Å². The average Bonchev–Trinajstić information content (AvgIpc) is 2.57. The molecule has 2 aromatic rings. The molecule has 0 aliphatic carbocycles. The molecule has 1 unspecified atom stereocenters. The maximum Gasteiger partial charge on any atom is 0.254 e. The molecule has 0 radical (unpaired) electrons. The first-order valence-electron chi connectivity index (χ1n) is 7.57. The van der Waals surface area contributed by atoms with Gasteiger partial charge in [-0.15, -0.1) is 0 Å². The van der Waals surface area contributed by atoms with Crippen molar-refractivity contribution < 1.29 is 13.9 Å². The van der Waals surface area contributed by atoms with Gasteiger partial charge < -0.3 is 9.64 Å². The molecule has 3 nitrogen and oxygen atoms in total. The summed E-state index contributed by atoms with van der Waals surface area (Å²) in [4.78, 5) is 14.4. The van der Waals surface area contributed by atoms with Crippen LogP contribution in [0.4, 0.5) is 4.39 Å². The topological polar surface area (TPSA) is 29.5 Å². The lowest BCUT2D eigenvalue weighted by molar-refractivity contribution is -0.0228. The summed E-state index contributed by atoms with van der Waals surface area (Å²) in [7, 11) is 0. The van der Waals surface area contributed by atoms with Crippen LogP contribution >= 0.6 is 23.2 Å². The molecule has 0 saturated carbocycles. The molecule has 0 aromatic heterocycles. The lowest BCUT2D eigenvalue weighted by Gasteiger charge is -2.33. The fourth-order valence-corrected chi connectivity index (χ4v) is 3.27. The van der Waals surface area contributed by atoms with Gasteiger partial charge in [0.15, 0.2) is 0 Å². The SMILES string of the molecule is Cc1cccc(C(=O)N2CCOC(c3cc(F)c(Cl)cc3Cl)C2)c1. The Morgan fingerprint density at radius 2 is 2.04 bits per heavy atom. The quantitative estimate of drug-likeness (QED) is 0.722. The van der Waals surface area contributed by atoms with Gasteiger partial charge in [-0.1, -0.05) is 40.9 Å². The third-order valence-electron chi connectivity index (χ3n) is 4.01. The van der Waals surface area contributed by atoms with E-state index < -0.39 is 11.9 Å². The fourth-order valence-electron chi connectivity index (χ4n) is 2.77. The van der Waals surface area contributed by atoms with E-state index in [1.165, 1.54) is 12.1 Å². The van der Waals surface area contributed by atoms with Gasteiger partial charge in [0.05, 0.1) is 18.2 Å². The summed E-state index contributed by atoms with van der Waals surface area (Å²) in [5.41, 5.74) is 2.15. The van der Waals surface area contributed by atoms with Crippen molar-refractivity contribution in [1.82, 2.24) is 4.90 Å². The predicted molar refractivity (Wildman–Crippen MR) is 92.2 cm³/mol. The zero-order chi connectivity index (χ0) is 17.3. The van der Waals surface area contributed by atoms with Crippen LogP contribution in [0.15, 0.2) is 36.4 Å². The van der Waals surface area contributed by atoms with E-state index >= 15 is 0 Å². The van der Waals surface area contributed by atoms with Crippen molar-refractivity contribution >= 4 is 29.1 Å². The number of ether oxygens (including phenoxy) is 1. The van der Waals surface area contributed by atoms with E-state index in [4.69, 9.17) is 27.9 Å². The van der Waals surface area contributed by atoms with E-state index in [0.717, 1.165) is 5.56 Å². The first-order chi connectivity index (χ1) is 11.5. The van der Waals surface area contributed by atoms with Crippen molar-refractivity contribution in [2.24, 2.45) is 0 Å². The van der Waals surface area contributed by atoms with Crippen molar-refractivity contribution in [3.63, 3.8) is 0 Å². The molecule has 0 bridgehead atoms. The minimum absolute atomic E-state index is 0.0350. The van der Waals surface area contributed by atoms with Crippen molar-refractivity contribution in [3.05, 3.63) is 69.0 Å². The van der Waals surface area contributed by atoms with Gasteiger partial charge in [-0.2, -0.15) is 0 Å². The molecule has 1 amide bonds. The molecule has 1 saturated heterocycles. The van der Waals surface area contributed by atoms with Crippen molar-refractivity contribution in [3.8, 4) is 0 Å². The van der Waals surface area contributed by atoms with Gasteiger partial charge in [-0.05, 0) is 31.2 Å². The summed E-state index contributed by atoms with van der Waals surface area (Å²) in [5, 5.41) is 0.295. The molecule has 1 aliphatic rings. The van der Waals surface area contributed by atoms with Crippen LogP contribution < -0.4 is 0 Å². The Kier molecular flexibility index (Phi) is 5.09. The number of hydrogen-bond acceptors (Lipinski definition) is 2. The summed E-state index contributed by atoms with van der Waals surface area (Å²) in [5.74, 6) is -0.626. The van der Waals surface area contributed by atoms with Gasteiger partial charge in [0.25, 0.3) is 5.91 Å². The molecule has 1 aliphatic heterocycles. The number of carbonyl (C=O) groups is 1. The monoisotopic (exact) mass is 367 g/mol. The molecule has 126 valence electrons. The van der Waals surface area contributed by atoms with E-state index in [1.807, 2.05) is 25.1 Å². The van der Waals surface area contributed by atoms with Crippen LogP contribution in [-0.2, 0) is 4.74 Å². The zero-order valence-electron chi connectivity index (χ0n) is 13.1. The molecule has 0 spiro atoms. The van der Waals surface area contributed by atoms with Gasteiger partial charge in [-0.25, -0.2) is 4.39 Å². The fraction of sp³-hybridized carbons (Fsp3) is 0.278. The van der Waals surface area contributed by atoms with Gasteiger partial charge in [0, 0.05) is 22.7 Å². The van der Waals surface area contributed by atoms with Gasteiger partial charge in [0.2, 0.25) is 0 Å². The second-order valence-electron chi connectivity index (χ2n) is 5.77. The highest BCUT2D eigenvalue weighted by molar-refractivity contribution is 6.35. The standard InChI is InChI=1S/C18H16Cl2FNO2/c1-11-3-2-4-12(7-11)18(23)22-5-6-24-17(10-22)13-8-16(21)15(20)9-14(13)19/h2-4,7-9,17H,5-6,10H2,1H3. The number of rotatable bonds is 2. The molecule has 2 aromatic carbocycles. The average molecular weight is 368 g/mol. The van der Waals surface area contributed by atoms with E-state index in [1.54, 1.807) is 11.0 Å². The number of morpholine rings is 1. The summed E-state index contributed by atoms with van der Waals surface area (Å²) >= 11 is 11.9. The number of nitrogens with zero attached hydrogens (tertiary/aromatic N) is 1. The highest BCUT2D eigenvalue weighted by Crippen LogP contribution is 2.32. The second-order valence-corrected chi connectivity index (χ2v) is 6.58. The Balaban J connectivity index is 1.82. The zero-order valence-corrected chi connectivity index (χ0v) is 14.6. The number of benzene rings is 2. The number of aryl methyl sites for hydroxylation is 1. The molecule has 3 rings (SSSR count). The highest BCUT2D eigenvalue weighted by Gasteiger charge is 2.28. The number of carbonyl (C=O) groups excluding carboxylic acids is 1. The maximum absolute atomic E-state index is 13.8. The molecular formula is C18H16Cl2FNO2. The Bertz CT molecular complexity index is 782. The molecular weight excluding hydrogens is 352 g/mol. The first-order valence-corrected chi connectivity index (χ1v) is 8.33. The summed E-state index contributed by atoms with van der Waals surface area (Å²) in [6.07, 6.45) is -0.480. The minimum atomic E-state index is -0.554. The van der Waals surface area contributed by atoms with Crippen LogP contribution in [0.3, 0.4) is 0 Å². The summed E-state index contributed by atoms with van der Waals surface area (Å²) < 4.78 is 19.4. The molecule has 1 atom stereocenters. The Labute approximate surface area is 149 Å². The van der Waals surface area contributed by atoms with Crippen LogP contribution in [0.1, 0.15) is 27.6 Å². The Morgan fingerprint density at radius 1 is 1.25 bits per heavy atom. The number of hydrogen-bond donors (Lipinski definition) is 0. The third kappa shape index (κ3) is 3.56. The van der Waals surface area contributed by atoms with Crippen molar-refractivity contribution in [2.75, 3.05) is 19.7 Å². The van der Waals surface area contributed by atoms with E-state index in [2.05, 4.69) is 0 Å². The van der Waals surface area contributed by atoms with Gasteiger partial charge in [-0.3, -0.25) is 4.79 Å². The molecule has 6 heteroatoms. The van der Waals surface area contributed by atoms with Crippen molar-refractivity contribution in [1.29, 1.82) is 0 Å². The number of amides is 1. The summed E-state index contributed by atoms with van der Waals surface area (Å²) in [6.45, 7) is 3.10. The first kappa shape index (κ1) is 17.2. The predicted octanol–water partition coefficient (Wildman–Crippen LogP) is 4.65. The Morgan fingerprint density at radius 3 is 2.79 bits per heavy atom. The smallest absolute Gasteiger partial charge is 0.254 e. The molecule has 24 heavy (non-hydrogen) atoms. The van der Waals surface area contributed by atoms with Crippen LogP contribution in [0.25, 0.3) is 0 Å². The molecule has 0 N–H and O–H groups in total. The highest BCUT2D eigenvalue weighted by atomic mass is 35.5.